The lowest BCUT2D eigenvalue weighted by Gasteiger charge is -2.22. The fourth-order valence-corrected chi connectivity index (χ4v) is 3.73. The molecule has 23 heavy (non-hydrogen) atoms. The van der Waals surface area contributed by atoms with E-state index in [9.17, 15) is 0 Å². The maximum absolute atomic E-state index is 2.48. The summed E-state index contributed by atoms with van der Waals surface area (Å²) in [6, 6.07) is 18.1. The SMILES string of the molecule is CCCc1ccc(-c2ccccc2C(C)C2=CCCCC2)cc1. The van der Waals surface area contributed by atoms with Crippen molar-refractivity contribution in [1.29, 1.82) is 0 Å². The van der Waals surface area contributed by atoms with Gasteiger partial charge in [0.15, 0.2) is 0 Å². The van der Waals surface area contributed by atoms with Gasteiger partial charge in [-0.2, -0.15) is 0 Å². The molecule has 0 aromatic heterocycles. The molecule has 0 heterocycles. The number of hydrogen-bond donors (Lipinski definition) is 0. The van der Waals surface area contributed by atoms with E-state index in [1.807, 2.05) is 0 Å². The second kappa shape index (κ2) is 7.64. The maximum atomic E-state index is 2.48. The first kappa shape index (κ1) is 16.1. The van der Waals surface area contributed by atoms with Gasteiger partial charge in [-0.05, 0) is 54.4 Å². The molecule has 0 amide bonds. The first-order valence-corrected chi connectivity index (χ1v) is 9.16. The Balaban J connectivity index is 1.92. The molecular weight excluding hydrogens is 276 g/mol. The minimum Gasteiger partial charge on any atom is -0.0847 e. The van der Waals surface area contributed by atoms with Gasteiger partial charge in [-0.1, -0.05) is 80.4 Å². The van der Waals surface area contributed by atoms with Crippen molar-refractivity contribution in [2.75, 3.05) is 0 Å². The summed E-state index contributed by atoms with van der Waals surface area (Å²) in [5, 5.41) is 0. The van der Waals surface area contributed by atoms with E-state index in [0.29, 0.717) is 5.92 Å². The average molecular weight is 304 g/mol. The Morgan fingerprint density at radius 3 is 2.43 bits per heavy atom. The molecule has 0 N–H and O–H groups in total. The van der Waals surface area contributed by atoms with Crippen molar-refractivity contribution in [3.63, 3.8) is 0 Å². The van der Waals surface area contributed by atoms with Crippen molar-refractivity contribution < 1.29 is 0 Å². The quantitative estimate of drug-likeness (QED) is 0.526. The van der Waals surface area contributed by atoms with Gasteiger partial charge < -0.3 is 0 Å². The van der Waals surface area contributed by atoms with Gasteiger partial charge in [0.25, 0.3) is 0 Å². The van der Waals surface area contributed by atoms with Crippen LogP contribution in [-0.4, -0.2) is 0 Å². The van der Waals surface area contributed by atoms with E-state index in [1.165, 1.54) is 60.8 Å². The van der Waals surface area contributed by atoms with Crippen LogP contribution in [0.3, 0.4) is 0 Å². The molecule has 0 fully saturated rings. The first-order chi connectivity index (χ1) is 11.3. The minimum absolute atomic E-state index is 0.529. The normalized spacial score (nSPS) is 16.0. The van der Waals surface area contributed by atoms with Gasteiger partial charge in [0.05, 0.1) is 0 Å². The smallest absolute Gasteiger partial charge is 0.00259 e. The molecule has 3 rings (SSSR count). The molecule has 120 valence electrons. The Bertz CT molecular complexity index is 661. The van der Waals surface area contributed by atoms with Crippen molar-refractivity contribution in [3.05, 3.63) is 71.3 Å². The second-order valence-corrected chi connectivity index (χ2v) is 6.78. The lowest BCUT2D eigenvalue weighted by molar-refractivity contribution is 0.658. The molecule has 0 saturated carbocycles. The zero-order chi connectivity index (χ0) is 16.1. The Kier molecular flexibility index (Phi) is 5.33. The largest absolute Gasteiger partial charge is 0.0847 e. The number of rotatable bonds is 5. The van der Waals surface area contributed by atoms with Crippen LogP contribution in [0.25, 0.3) is 11.1 Å². The molecule has 1 atom stereocenters. The molecule has 0 bridgehead atoms. The molecule has 0 spiro atoms. The zero-order valence-corrected chi connectivity index (χ0v) is 14.5. The highest BCUT2D eigenvalue weighted by atomic mass is 14.2. The van der Waals surface area contributed by atoms with Gasteiger partial charge in [0.1, 0.15) is 0 Å². The third kappa shape index (κ3) is 3.75. The van der Waals surface area contributed by atoms with Crippen LogP contribution >= 0.6 is 0 Å². The lowest BCUT2D eigenvalue weighted by atomic mass is 9.82. The van der Waals surface area contributed by atoms with Crippen LogP contribution in [0.15, 0.2) is 60.2 Å². The molecule has 2 aromatic carbocycles. The summed E-state index contributed by atoms with van der Waals surface area (Å²) in [6.45, 7) is 4.62. The molecule has 0 nitrogen and oxygen atoms in total. The van der Waals surface area contributed by atoms with E-state index in [-0.39, 0.29) is 0 Å². The fourth-order valence-electron chi connectivity index (χ4n) is 3.73. The standard InChI is InChI=1S/C23H28/c1-3-9-19-14-16-21(17-15-19)23-13-8-7-12-22(23)18(2)20-10-5-4-6-11-20/h7-8,10,12-18H,3-6,9,11H2,1-2H3. The van der Waals surface area contributed by atoms with Gasteiger partial charge in [0.2, 0.25) is 0 Å². The van der Waals surface area contributed by atoms with E-state index in [1.54, 1.807) is 5.57 Å². The average Bonchev–Trinajstić information content (AvgIpc) is 2.63. The molecule has 1 aliphatic rings. The third-order valence-electron chi connectivity index (χ3n) is 5.11. The molecule has 1 unspecified atom stereocenters. The first-order valence-electron chi connectivity index (χ1n) is 9.16. The van der Waals surface area contributed by atoms with Gasteiger partial charge in [-0.15, -0.1) is 0 Å². The highest BCUT2D eigenvalue weighted by Crippen LogP contribution is 2.36. The van der Waals surface area contributed by atoms with E-state index in [2.05, 4.69) is 68.5 Å². The zero-order valence-electron chi connectivity index (χ0n) is 14.5. The summed E-state index contributed by atoms with van der Waals surface area (Å²) >= 11 is 0. The van der Waals surface area contributed by atoms with Crippen LogP contribution in [0, 0.1) is 0 Å². The van der Waals surface area contributed by atoms with Crippen molar-refractivity contribution in [2.45, 2.75) is 58.3 Å². The predicted molar refractivity (Wildman–Crippen MR) is 101 cm³/mol. The van der Waals surface area contributed by atoms with Crippen molar-refractivity contribution in [1.82, 2.24) is 0 Å². The van der Waals surface area contributed by atoms with E-state index in [0.717, 1.165) is 0 Å². The summed E-state index contributed by atoms with van der Waals surface area (Å²) < 4.78 is 0. The van der Waals surface area contributed by atoms with Crippen LogP contribution in [0.4, 0.5) is 0 Å². The van der Waals surface area contributed by atoms with Crippen molar-refractivity contribution in [2.24, 2.45) is 0 Å². The Morgan fingerprint density at radius 2 is 1.74 bits per heavy atom. The van der Waals surface area contributed by atoms with E-state index >= 15 is 0 Å². The topological polar surface area (TPSA) is 0 Å². The van der Waals surface area contributed by atoms with Crippen LogP contribution in [-0.2, 0) is 6.42 Å². The summed E-state index contributed by atoms with van der Waals surface area (Å²) in [5.74, 6) is 0.529. The molecule has 1 aliphatic carbocycles. The number of hydrogen-bond acceptors (Lipinski definition) is 0. The minimum atomic E-state index is 0.529. The summed E-state index contributed by atoms with van der Waals surface area (Å²) in [7, 11) is 0. The molecule has 0 aliphatic heterocycles. The Hall–Kier alpha value is -1.82. The lowest BCUT2D eigenvalue weighted by Crippen LogP contribution is -2.03. The van der Waals surface area contributed by atoms with Crippen LogP contribution in [0.1, 0.15) is 63.0 Å². The summed E-state index contributed by atoms with van der Waals surface area (Å²) in [4.78, 5) is 0. The van der Waals surface area contributed by atoms with Crippen LogP contribution < -0.4 is 0 Å². The van der Waals surface area contributed by atoms with Gasteiger partial charge in [-0.3, -0.25) is 0 Å². The fraction of sp³-hybridized carbons (Fsp3) is 0.391. The maximum Gasteiger partial charge on any atom is 0.00259 e. The van der Waals surface area contributed by atoms with Crippen LogP contribution in [0.5, 0.6) is 0 Å². The van der Waals surface area contributed by atoms with Gasteiger partial charge in [0, 0.05) is 5.92 Å². The Labute approximate surface area is 141 Å². The van der Waals surface area contributed by atoms with E-state index in [4.69, 9.17) is 0 Å². The monoisotopic (exact) mass is 304 g/mol. The van der Waals surface area contributed by atoms with Gasteiger partial charge >= 0.3 is 0 Å². The number of allylic oxidation sites excluding steroid dienone is 2. The second-order valence-electron chi connectivity index (χ2n) is 6.78. The number of aryl methyl sites for hydroxylation is 1. The molecule has 0 heteroatoms. The highest BCUT2D eigenvalue weighted by Gasteiger charge is 2.17. The predicted octanol–water partition coefficient (Wildman–Crippen LogP) is 6.91. The molecule has 0 radical (unpaired) electrons. The van der Waals surface area contributed by atoms with Crippen molar-refractivity contribution in [3.8, 4) is 11.1 Å². The van der Waals surface area contributed by atoms with E-state index < -0.39 is 0 Å². The van der Waals surface area contributed by atoms with Crippen molar-refractivity contribution >= 4 is 0 Å². The van der Waals surface area contributed by atoms with Gasteiger partial charge in [-0.25, -0.2) is 0 Å². The summed E-state index contributed by atoms with van der Waals surface area (Å²) in [6.07, 6.45) is 10.1. The highest BCUT2D eigenvalue weighted by molar-refractivity contribution is 5.69. The van der Waals surface area contributed by atoms with Crippen LogP contribution in [0.2, 0.25) is 0 Å². The number of benzene rings is 2. The molecule has 0 saturated heterocycles. The molecular formula is C23H28. The Morgan fingerprint density at radius 1 is 0.957 bits per heavy atom. The molecule has 2 aromatic rings. The third-order valence-corrected chi connectivity index (χ3v) is 5.11. The summed E-state index contributed by atoms with van der Waals surface area (Å²) in [5.41, 5.74) is 7.30.